The summed E-state index contributed by atoms with van der Waals surface area (Å²) in [5.74, 6) is 0.768. The highest BCUT2D eigenvalue weighted by Crippen LogP contribution is 2.25. The van der Waals surface area contributed by atoms with E-state index in [-0.39, 0.29) is 0 Å². The van der Waals surface area contributed by atoms with Crippen LogP contribution >= 0.6 is 0 Å². The van der Waals surface area contributed by atoms with Crippen molar-refractivity contribution in [3.05, 3.63) is 35.8 Å². The van der Waals surface area contributed by atoms with E-state index in [9.17, 15) is 5.11 Å². The normalized spacial score (nSPS) is 22.2. The molecule has 1 fully saturated rings. The molecule has 0 amide bonds. The molecule has 1 atom stereocenters. The molecule has 0 aliphatic carbocycles. The lowest BCUT2D eigenvalue weighted by Crippen LogP contribution is -2.34. The molecular weight excluding hydrogens is 314 g/mol. The molecule has 5 heteroatoms. The first kappa shape index (κ1) is 18.1. The fourth-order valence-corrected chi connectivity index (χ4v) is 3.27. The van der Waals surface area contributed by atoms with Gasteiger partial charge in [0.05, 0.1) is 17.4 Å². The van der Waals surface area contributed by atoms with Gasteiger partial charge in [0.15, 0.2) is 0 Å². The minimum Gasteiger partial charge on any atom is -0.384 e. The van der Waals surface area contributed by atoms with Gasteiger partial charge in [-0.1, -0.05) is 0 Å². The molecule has 0 radical (unpaired) electrons. The summed E-state index contributed by atoms with van der Waals surface area (Å²) in [7, 11) is 0. The summed E-state index contributed by atoms with van der Waals surface area (Å²) in [5, 5.41) is 10.0. The maximum Gasteiger partial charge on any atom is 0.101 e. The number of aliphatic imine (C=N–C) groups is 1. The molecule has 136 valence electrons. The van der Waals surface area contributed by atoms with E-state index >= 15 is 0 Å². The molecule has 0 aromatic carbocycles. The van der Waals surface area contributed by atoms with E-state index in [1.165, 1.54) is 19.3 Å². The number of pyridine rings is 1. The fraction of sp³-hybridized carbons (Fsp3) is 0.600. The zero-order chi connectivity index (χ0) is 17.9. The molecule has 1 saturated heterocycles. The first-order valence-corrected chi connectivity index (χ1v) is 9.22. The summed E-state index contributed by atoms with van der Waals surface area (Å²) in [6, 6.07) is 4.17. The van der Waals surface area contributed by atoms with Crippen molar-refractivity contribution in [1.82, 2.24) is 9.88 Å². The summed E-state index contributed by atoms with van der Waals surface area (Å²) < 4.78 is 5.45. The molecule has 1 aromatic rings. The summed E-state index contributed by atoms with van der Waals surface area (Å²) >= 11 is 0. The third-order valence-corrected chi connectivity index (χ3v) is 5.06. The monoisotopic (exact) mass is 343 g/mol. The van der Waals surface area contributed by atoms with E-state index in [0.29, 0.717) is 11.7 Å². The Morgan fingerprint density at radius 1 is 1.28 bits per heavy atom. The van der Waals surface area contributed by atoms with Crippen LogP contribution in [0.1, 0.15) is 51.3 Å². The average molecular weight is 343 g/mol. The van der Waals surface area contributed by atoms with Gasteiger partial charge in [-0.05, 0) is 58.1 Å². The van der Waals surface area contributed by atoms with E-state index in [0.717, 1.165) is 36.9 Å². The van der Waals surface area contributed by atoms with Crippen molar-refractivity contribution >= 4 is 11.9 Å². The average Bonchev–Trinajstić information content (AvgIpc) is 2.61. The highest BCUT2D eigenvalue weighted by Gasteiger charge is 2.20. The molecule has 5 nitrogen and oxygen atoms in total. The van der Waals surface area contributed by atoms with Crippen LogP contribution in [-0.2, 0) is 10.3 Å². The second kappa shape index (κ2) is 7.67. The molecule has 0 spiro atoms. The van der Waals surface area contributed by atoms with Gasteiger partial charge in [-0.3, -0.25) is 9.98 Å². The second-order valence-electron chi connectivity index (χ2n) is 7.61. The number of nitrogens with zero attached hydrogens (tertiary/aromatic N) is 3. The van der Waals surface area contributed by atoms with Crippen LogP contribution in [0.4, 0.5) is 0 Å². The minimum absolute atomic E-state index is 0.312. The molecular formula is C20H29N3O2. The van der Waals surface area contributed by atoms with Crippen molar-refractivity contribution in [2.45, 2.75) is 51.7 Å². The van der Waals surface area contributed by atoms with Gasteiger partial charge < -0.3 is 14.7 Å². The van der Waals surface area contributed by atoms with Crippen molar-refractivity contribution in [1.29, 1.82) is 0 Å². The van der Waals surface area contributed by atoms with E-state index in [1.807, 2.05) is 18.3 Å². The zero-order valence-electron chi connectivity index (χ0n) is 15.5. The number of rotatable bonds is 5. The Labute approximate surface area is 150 Å². The molecule has 25 heavy (non-hydrogen) atoms. The Hall–Kier alpha value is -1.72. The van der Waals surface area contributed by atoms with Gasteiger partial charge >= 0.3 is 0 Å². The van der Waals surface area contributed by atoms with Crippen molar-refractivity contribution in [2.75, 3.05) is 19.8 Å². The van der Waals surface area contributed by atoms with Crippen molar-refractivity contribution in [3.63, 3.8) is 0 Å². The number of ether oxygens (including phenoxy) is 1. The lowest BCUT2D eigenvalue weighted by molar-refractivity contribution is 0.0613. The van der Waals surface area contributed by atoms with Gasteiger partial charge in [0.2, 0.25) is 0 Å². The standard InChI is InChI=1S/C20H29N3O2/c1-15-12-21-18(17-4-5-19(22-13-17)20(2,3)24)14-23(15)9-6-16-7-10-25-11-8-16/h4-5,12-16,24H,6-11H2,1-3H3/t15-/m0/s1. The third-order valence-electron chi connectivity index (χ3n) is 5.06. The van der Waals surface area contributed by atoms with Crippen molar-refractivity contribution < 1.29 is 9.84 Å². The summed E-state index contributed by atoms with van der Waals surface area (Å²) in [6.07, 6.45) is 9.49. The summed E-state index contributed by atoms with van der Waals surface area (Å²) in [6.45, 7) is 8.51. The van der Waals surface area contributed by atoms with Crippen LogP contribution in [0.25, 0.3) is 5.70 Å². The Kier molecular flexibility index (Phi) is 5.54. The summed E-state index contributed by atoms with van der Waals surface area (Å²) in [5.41, 5.74) is 1.65. The highest BCUT2D eigenvalue weighted by atomic mass is 16.5. The van der Waals surface area contributed by atoms with Crippen LogP contribution in [0.15, 0.2) is 29.5 Å². The van der Waals surface area contributed by atoms with Crippen LogP contribution in [0.2, 0.25) is 0 Å². The Balaban J connectivity index is 1.67. The van der Waals surface area contributed by atoms with Gasteiger partial charge in [-0.2, -0.15) is 0 Å². The van der Waals surface area contributed by atoms with E-state index in [1.54, 1.807) is 20.0 Å². The lowest BCUT2D eigenvalue weighted by atomic mass is 9.96. The Morgan fingerprint density at radius 2 is 2.04 bits per heavy atom. The number of aromatic nitrogens is 1. The molecule has 2 aliphatic rings. The van der Waals surface area contributed by atoms with Crippen LogP contribution in [0.3, 0.4) is 0 Å². The Bertz CT molecular complexity index is 625. The number of aliphatic hydroxyl groups is 1. The predicted octanol–water partition coefficient (Wildman–Crippen LogP) is 3.20. The fourth-order valence-electron chi connectivity index (χ4n) is 3.27. The maximum atomic E-state index is 10.0. The van der Waals surface area contributed by atoms with Crippen LogP contribution < -0.4 is 0 Å². The molecule has 1 aromatic heterocycles. The predicted molar refractivity (Wildman–Crippen MR) is 100 cm³/mol. The zero-order valence-corrected chi connectivity index (χ0v) is 15.5. The molecule has 0 unspecified atom stereocenters. The summed E-state index contributed by atoms with van der Waals surface area (Å²) in [4.78, 5) is 11.3. The quantitative estimate of drug-likeness (QED) is 0.892. The molecule has 1 N–H and O–H groups in total. The van der Waals surface area contributed by atoms with Crippen molar-refractivity contribution in [2.24, 2.45) is 10.9 Å². The van der Waals surface area contributed by atoms with Crippen LogP contribution in [0, 0.1) is 5.92 Å². The van der Waals surface area contributed by atoms with Gasteiger partial charge in [0.1, 0.15) is 5.60 Å². The van der Waals surface area contributed by atoms with Gasteiger partial charge in [0, 0.05) is 43.9 Å². The van der Waals surface area contributed by atoms with Gasteiger partial charge in [0.25, 0.3) is 0 Å². The van der Waals surface area contributed by atoms with E-state index < -0.39 is 5.60 Å². The molecule has 3 rings (SSSR count). The first-order valence-electron chi connectivity index (χ1n) is 9.22. The maximum absolute atomic E-state index is 10.0. The largest absolute Gasteiger partial charge is 0.384 e. The third kappa shape index (κ3) is 4.67. The van der Waals surface area contributed by atoms with Crippen LogP contribution in [0.5, 0.6) is 0 Å². The molecule has 0 saturated carbocycles. The smallest absolute Gasteiger partial charge is 0.101 e. The Morgan fingerprint density at radius 3 is 2.68 bits per heavy atom. The van der Waals surface area contributed by atoms with Crippen molar-refractivity contribution in [3.8, 4) is 0 Å². The number of hydrogen-bond acceptors (Lipinski definition) is 5. The van der Waals surface area contributed by atoms with Gasteiger partial charge in [-0.15, -0.1) is 0 Å². The topological polar surface area (TPSA) is 58.0 Å². The minimum atomic E-state index is -0.924. The van der Waals surface area contributed by atoms with E-state index in [2.05, 4.69) is 28.0 Å². The number of hydrogen-bond donors (Lipinski definition) is 1. The van der Waals surface area contributed by atoms with E-state index in [4.69, 9.17) is 4.74 Å². The molecule has 2 aliphatic heterocycles. The molecule has 3 heterocycles. The molecule has 0 bridgehead atoms. The highest BCUT2D eigenvalue weighted by molar-refractivity contribution is 5.78. The van der Waals surface area contributed by atoms with Crippen LogP contribution in [-0.4, -0.2) is 47.0 Å². The SMILES string of the molecule is C[C@H]1C=NC(c2ccc(C(C)(C)O)nc2)=CN1CCC1CCOCC1. The second-order valence-corrected chi connectivity index (χ2v) is 7.61. The lowest BCUT2D eigenvalue weighted by Gasteiger charge is -2.31. The van der Waals surface area contributed by atoms with Gasteiger partial charge in [-0.25, -0.2) is 0 Å². The first-order chi connectivity index (χ1) is 11.9.